The van der Waals surface area contributed by atoms with Gasteiger partial charge in [0.1, 0.15) is 11.8 Å². The summed E-state index contributed by atoms with van der Waals surface area (Å²) in [6.07, 6.45) is 0. The number of aromatic nitrogens is 2. The Morgan fingerprint density at radius 2 is 1.71 bits per heavy atom. The average molecular weight is 383 g/mol. The van der Waals surface area contributed by atoms with Crippen molar-refractivity contribution in [3.63, 3.8) is 0 Å². The van der Waals surface area contributed by atoms with E-state index in [4.69, 9.17) is 18.7 Å². The molecule has 0 aliphatic carbocycles. The fourth-order valence-corrected chi connectivity index (χ4v) is 2.59. The summed E-state index contributed by atoms with van der Waals surface area (Å²) >= 11 is 0. The average Bonchev–Trinajstić information content (AvgIpc) is 3.23. The van der Waals surface area contributed by atoms with Gasteiger partial charge in [-0.3, -0.25) is 4.79 Å². The van der Waals surface area contributed by atoms with E-state index in [1.807, 2.05) is 0 Å². The standard InChI is InChI=1S/C20H21N3O5/c1-12(21-19(24)13-5-8-15(25-2)9-6-13)20-22-18(23-28-20)14-7-10-16(26-3)17(11-14)27-4/h5-12H,1-4H3,(H,21,24). The van der Waals surface area contributed by atoms with Gasteiger partial charge in [0.15, 0.2) is 11.5 Å². The van der Waals surface area contributed by atoms with Crippen LogP contribution in [0.4, 0.5) is 0 Å². The maximum absolute atomic E-state index is 12.4. The van der Waals surface area contributed by atoms with E-state index < -0.39 is 6.04 Å². The van der Waals surface area contributed by atoms with E-state index in [9.17, 15) is 4.79 Å². The molecule has 8 nitrogen and oxygen atoms in total. The van der Waals surface area contributed by atoms with E-state index in [0.717, 1.165) is 0 Å². The number of nitrogens with zero attached hydrogens (tertiary/aromatic N) is 2. The molecular weight excluding hydrogens is 362 g/mol. The van der Waals surface area contributed by atoms with Crippen molar-refractivity contribution < 1.29 is 23.5 Å². The van der Waals surface area contributed by atoms with Crippen molar-refractivity contribution >= 4 is 5.91 Å². The molecule has 1 aromatic heterocycles. The Kier molecular flexibility index (Phi) is 5.78. The molecule has 8 heteroatoms. The third-order valence-electron chi connectivity index (χ3n) is 4.15. The molecule has 2 aromatic carbocycles. The Balaban J connectivity index is 1.73. The largest absolute Gasteiger partial charge is 0.497 e. The molecule has 1 amide bonds. The number of amides is 1. The van der Waals surface area contributed by atoms with Crippen LogP contribution in [0.1, 0.15) is 29.2 Å². The first-order valence-electron chi connectivity index (χ1n) is 8.56. The second kappa shape index (κ2) is 8.43. The number of hydrogen-bond donors (Lipinski definition) is 1. The molecule has 0 saturated heterocycles. The van der Waals surface area contributed by atoms with Gasteiger partial charge in [0.05, 0.1) is 21.3 Å². The van der Waals surface area contributed by atoms with Crippen molar-refractivity contribution in [1.29, 1.82) is 0 Å². The van der Waals surface area contributed by atoms with Crippen LogP contribution in [0, 0.1) is 0 Å². The van der Waals surface area contributed by atoms with E-state index in [1.54, 1.807) is 70.7 Å². The number of methoxy groups -OCH3 is 3. The Morgan fingerprint density at radius 3 is 2.36 bits per heavy atom. The van der Waals surface area contributed by atoms with Crippen molar-refractivity contribution in [2.45, 2.75) is 13.0 Å². The molecule has 0 radical (unpaired) electrons. The van der Waals surface area contributed by atoms with E-state index >= 15 is 0 Å². The summed E-state index contributed by atoms with van der Waals surface area (Å²) in [5.41, 5.74) is 1.22. The van der Waals surface area contributed by atoms with Gasteiger partial charge in [-0.2, -0.15) is 4.98 Å². The lowest BCUT2D eigenvalue weighted by Crippen LogP contribution is -2.26. The second-order valence-corrected chi connectivity index (χ2v) is 5.95. The maximum Gasteiger partial charge on any atom is 0.251 e. The summed E-state index contributed by atoms with van der Waals surface area (Å²) in [5.74, 6) is 2.29. The van der Waals surface area contributed by atoms with Gasteiger partial charge in [0.25, 0.3) is 5.91 Å². The van der Waals surface area contributed by atoms with E-state index in [2.05, 4.69) is 15.5 Å². The Bertz CT molecular complexity index is 953. The molecule has 0 fully saturated rings. The van der Waals surface area contributed by atoms with Crippen molar-refractivity contribution in [2.75, 3.05) is 21.3 Å². The minimum absolute atomic E-state index is 0.249. The first kappa shape index (κ1) is 19.2. The molecule has 1 atom stereocenters. The molecule has 1 N–H and O–H groups in total. The number of carbonyl (C=O) groups excluding carboxylic acids is 1. The lowest BCUT2D eigenvalue weighted by molar-refractivity contribution is 0.0932. The number of benzene rings is 2. The molecule has 28 heavy (non-hydrogen) atoms. The van der Waals surface area contributed by atoms with Gasteiger partial charge in [-0.1, -0.05) is 5.16 Å². The Morgan fingerprint density at radius 1 is 1.00 bits per heavy atom. The number of ether oxygens (including phenoxy) is 3. The maximum atomic E-state index is 12.4. The summed E-state index contributed by atoms with van der Waals surface area (Å²) < 4.78 is 20.9. The van der Waals surface area contributed by atoms with Crippen LogP contribution in [0.3, 0.4) is 0 Å². The molecule has 1 unspecified atom stereocenters. The van der Waals surface area contributed by atoms with Gasteiger partial charge in [0, 0.05) is 11.1 Å². The number of rotatable bonds is 7. The van der Waals surface area contributed by atoms with Crippen LogP contribution in [-0.2, 0) is 0 Å². The fourth-order valence-electron chi connectivity index (χ4n) is 2.59. The van der Waals surface area contributed by atoms with Crippen molar-refractivity contribution in [2.24, 2.45) is 0 Å². The first-order chi connectivity index (χ1) is 13.5. The lowest BCUT2D eigenvalue weighted by atomic mass is 10.2. The quantitative estimate of drug-likeness (QED) is 0.669. The second-order valence-electron chi connectivity index (χ2n) is 5.95. The third-order valence-corrected chi connectivity index (χ3v) is 4.15. The smallest absolute Gasteiger partial charge is 0.251 e. The zero-order valence-corrected chi connectivity index (χ0v) is 16.1. The van der Waals surface area contributed by atoms with Crippen molar-refractivity contribution in [3.8, 4) is 28.6 Å². The molecule has 3 aromatic rings. The minimum Gasteiger partial charge on any atom is -0.497 e. The summed E-state index contributed by atoms with van der Waals surface area (Å²) in [7, 11) is 4.69. The topological polar surface area (TPSA) is 95.7 Å². The highest BCUT2D eigenvalue weighted by molar-refractivity contribution is 5.94. The zero-order valence-electron chi connectivity index (χ0n) is 16.1. The van der Waals surface area contributed by atoms with Crippen LogP contribution in [0.25, 0.3) is 11.4 Å². The monoisotopic (exact) mass is 383 g/mol. The first-order valence-corrected chi connectivity index (χ1v) is 8.56. The molecule has 146 valence electrons. The van der Waals surface area contributed by atoms with Gasteiger partial charge >= 0.3 is 0 Å². The summed E-state index contributed by atoms with van der Waals surface area (Å²) in [6, 6.07) is 11.7. The molecule has 0 aliphatic heterocycles. The van der Waals surface area contributed by atoms with Gasteiger partial charge in [-0.05, 0) is 49.4 Å². The van der Waals surface area contributed by atoms with Crippen molar-refractivity contribution in [3.05, 3.63) is 53.9 Å². The van der Waals surface area contributed by atoms with Crippen LogP contribution < -0.4 is 19.5 Å². The predicted octanol–water partition coefficient (Wildman–Crippen LogP) is 3.25. The van der Waals surface area contributed by atoms with E-state index in [1.165, 1.54) is 0 Å². The highest BCUT2D eigenvalue weighted by atomic mass is 16.5. The predicted molar refractivity (Wildman–Crippen MR) is 102 cm³/mol. The van der Waals surface area contributed by atoms with Crippen molar-refractivity contribution in [1.82, 2.24) is 15.5 Å². The van der Waals surface area contributed by atoms with Gasteiger partial charge in [-0.25, -0.2) is 0 Å². The third kappa shape index (κ3) is 4.06. The summed E-state index contributed by atoms with van der Waals surface area (Å²) in [5, 5.41) is 6.83. The molecule has 3 rings (SSSR count). The Labute approximate surface area is 162 Å². The van der Waals surface area contributed by atoms with E-state index in [-0.39, 0.29) is 5.91 Å². The molecule has 0 spiro atoms. The highest BCUT2D eigenvalue weighted by Gasteiger charge is 2.19. The lowest BCUT2D eigenvalue weighted by Gasteiger charge is -2.10. The number of carbonyl (C=O) groups is 1. The molecule has 1 heterocycles. The molecule has 0 aliphatic rings. The summed E-state index contributed by atoms with van der Waals surface area (Å²) in [4.78, 5) is 16.8. The fraction of sp³-hybridized carbons (Fsp3) is 0.250. The van der Waals surface area contributed by atoms with Gasteiger partial charge in [0.2, 0.25) is 11.7 Å². The van der Waals surface area contributed by atoms with Crippen LogP contribution in [0.2, 0.25) is 0 Å². The Hall–Kier alpha value is -3.55. The number of nitrogens with one attached hydrogen (secondary N) is 1. The number of hydrogen-bond acceptors (Lipinski definition) is 7. The van der Waals surface area contributed by atoms with Gasteiger partial charge in [-0.15, -0.1) is 0 Å². The van der Waals surface area contributed by atoms with Crippen LogP contribution >= 0.6 is 0 Å². The molecule has 0 bridgehead atoms. The van der Waals surface area contributed by atoms with Crippen LogP contribution in [0.15, 0.2) is 47.0 Å². The minimum atomic E-state index is -0.462. The van der Waals surface area contributed by atoms with Crippen LogP contribution in [-0.4, -0.2) is 37.4 Å². The molecule has 0 saturated carbocycles. The zero-order chi connectivity index (χ0) is 20.1. The summed E-state index contributed by atoms with van der Waals surface area (Å²) in [6.45, 7) is 1.77. The van der Waals surface area contributed by atoms with E-state index in [0.29, 0.717) is 40.1 Å². The highest BCUT2D eigenvalue weighted by Crippen LogP contribution is 2.31. The molecular formula is C20H21N3O5. The normalized spacial score (nSPS) is 11.6. The van der Waals surface area contributed by atoms with Gasteiger partial charge < -0.3 is 24.1 Å². The SMILES string of the molecule is COc1ccc(C(=O)NC(C)c2nc(-c3ccc(OC)c(OC)c3)no2)cc1. The van der Waals surface area contributed by atoms with Crippen LogP contribution in [0.5, 0.6) is 17.2 Å².